The number of benzene rings is 2. The summed E-state index contributed by atoms with van der Waals surface area (Å²) in [6.07, 6.45) is 0. The molecule has 4 nitrogen and oxygen atoms in total. The van der Waals surface area contributed by atoms with Gasteiger partial charge < -0.3 is 0 Å². The smallest absolute Gasteiger partial charge is 0.265 e. The van der Waals surface area contributed by atoms with Crippen LogP contribution < -0.4 is 4.31 Å². The van der Waals surface area contributed by atoms with Crippen molar-refractivity contribution in [1.82, 2.24) is 0 Å². The Morgan fingerprint density at radius 3 is 2.14 bits per heavy atom. The second-order valence-electron chi connectivity index (χ2n) is 4.57. The molecule has 0 fully saturated rings. The number of carbonyl (C=O) groups is 1. The Morgan fingerprint density at radius 1 is 1.09 bits per heavy atom. The minimum absolute atomic E-state index is 0.123. The Balaban J connectivity index is 2.58. The number of anilines is 1. The van der Waals surface area contributed by atoms with E-state index in [1.165, 1.54) is 6.92 Å². The van der Waals surface area contributed by atoms with E-state index in [0.717, 1.165) is 28.6 Å². The summed E-state index contributed by atoms with van der Waals surface area (Å²) in [5.74, 6) is -0.549. The summed E-state index contributed by atoms with van der Waals surface area (Å²) in [7, 11) is -4.05. The molecule has 116 valence electrons. The molecule has 0 aliphatic heterocycles. The van der Waals surface area contributed by atoms with E-state index in [0.29, 0.717) is 5.69 Å². The van der Waals surface area contributed by atoms with Gasteiger partial charge in [0, 0.05) is 0 Å². The largest absolute Gasteiger partial charge is 0.279 e. The van der Waals surface area contributed by atoms with Gasteiger partial charge in [0.05, 0.1) is 10.6 Å². The third kappa shape index (κ3) is 3.28. The van der Waals surface area contributed by atoms with E-state index < -0.39 is 27.1 Å². The van der Waals surface area contributed by atoms with Crippen LogP contribution in [0.3, 0.4) is 0 Å². The lowest BCUT2D eigenvalue weighted by molar-refractivity contribution is -0.112. The van der Waals surface area contributed by atoms with Crippen molar-refractivity contribution < 1.29 is 17.6 Å². The molecule has 2 rings (SSSR count). The van der Waals surface area contributed by atoms with Gasteiger partial charge in [-0.05, 0) is 54.9 Å². The van der Waals surface area contributed by atoms with Gasteiger partial charge in [-0.15, -0.1) is 0 Å². The first-order valence-electron chi connectivity index (χ1n) is 6.38. The normalized spacial score (nSPS) is 12.7. The van der Waals surface area contributed by atoms with Crippen LogP contribution in [0.15, 0.2) is 59.5 Å². The molecule has 0 heterocycles. The molecule has 7 heteroatoms. The predicted molar refractivity (Wildman–Crippen MR) is 82.8 cm³/mol. The number of carbonyl (C=O) groups excluding carboxylic acids is 1. The zero-order valence-corrected chi connectivity index (χ0v) is 13.2. The topological polar surface area (TPSA) is 54.5 Å². The quantitative estimate of drug-likeness (QED) is 0.785. The van der Waals surface area contributed by atoms with Crippen molar-refractivity contribution in [3.63, 3.8) is 0 Å². The fourth-order valence-electron chi connectivity index (χ4n) is 1.96. The van der Waals surface area contributed by atoms with Crippen LogP contribution in [0.5, 0.6) is 0 Å². The van der Waals surface area contributed by atoms with Crippen LogP contribution in [0.1, 0.15) is 6.92 Å². The molecule has 0 N–H and O–H groups in total. The summed E-state index contributed by atoms with van der Waals surface area (Å²) in [5.41, 5.74) is 0.299. The van der Waals surface area contributed by atoms with Crippen LogP contribution in [0.25, 0.3) is 0 Å². The number of hydrogen-bond acceptors (Lipinski definition) is 3. The molecule has 0 aromatic heterocycles. The monoisotopic (exact) mass is 341 g/mol. The van der Waals surface area contributed by atoms with E-state index >= 15 is 0 Å². The van der Waals surface area contributed by atoms with Crippen LogP contribution in [0.2, 0.25) is 0 Å². The SMILES string of the molecule is CC(C(=O)Cl)N(c1ccccc1)S(=O)(=O)c1ccc(F)cc1. The first-order chi connectivity index (χ1) is 10.3. The van der Waals surface area contributed by atoms with Gasteiger partial charge in [-0.25, -0.2) is 12.8 Å². The summed E-state index contributed by atoms with van der Waals surface area (Å²) in [6, 6.07) is 11.4. The van der Waals surface area contributed by atoms with Crippen LogP contribution in [0, 0.1) is 5.82 Å². The van der Waals surface area contributed by atoms with E-state index in [2.05, 4.69) is 0 Å². The molecule has 1 atom stereocenters. The van der Waals surface area contributed by atoms with Gasteiger partial charge in [0.15, 0.2) is 0 Å². The van der Waals surface area contributed by atoms with E-state index in [4.69, 9.17) is 11.6 Å². The molecule has 0 spiro atoms. The predicted octanol–water partition coefficient (Wildman–Crippen LogP) is 3.17. The lowest BCUT2D eigenvalue weighted by Crippen LogP contribution is -2.42. The van der Waals surface area contributed by atoms with Crippen molar-refractivity contribution in [3.8, 4) is 0 Å². The standard InChI is InChI=1S/C15H13ClFNO3S/c1-11(15(16)19)18(13-5-3-2-4-6-13)22(20,21)14-9-7-12(17)8-10-14/h2-11H,1H3. The second kappa shape index (κ2) is 6.46. The molecular weight excluding hydrogens is 329 g/mol. The first-order valence-corrected chi connectivity index (χ1v) is 8.20. The third-order valence-electron chi connectivity index (χ3n) is 3.06. The van der Waals surface area contributed by atoms with Crippen LogP contribution in [-0.4, -0.2) is 19.7 Å². The van der Waals surface area contributed by atoms with Gasteiger partial charge in [-0.2, -0.15) is 0 Å². The van der Waals surface area contributed by atoms with Crippen LogP contribution in [0.4, 0.5) is 10.1 Å². The third-order valence-corrected chi connectivity index (χ3v) is 5.29. The zero-order valence-electron chi connectivity index (χ0n) is 11.6. The van der Waals surface area contributed by atoms with Crippen molar-refractivity contribution in [2.75, 3.05) is 4.31 Å². The minimum atomic E-state index is -4.05. The number of halogens is 2. The first kappa shape index (κ1) is 16.5. The molecule has 2 aromatic carbocycles. The van der Waals surface area contributed by atoms with Gasteiger partial charge in [-0.1, -0.05) is 18.2 Å². The number of nitrogens with zero attached hydrogens (tertiary/aromatic N) is 1. The summed E-state index contributed by atoms with van der Waals surface area (Å²) in [5, 5.41) is -0.811. The van der Waals surface area contributed by atoms with Gasteiger partial charge in [0.2, 0.25) is 5.24 Å². The fourth-order valence-corrected chi connectivity index (χ4v) is 3.73. The van der Waals surface area contributed by atoms with Crippen LogP contribution >= 0.6 is 11.6 Å². The van der Waals surface area contributed by atoms with Gasteiger partial charge in [0.1, 0.15) is 11.9 Å². The fraction of sp³-hybridized carbons (Fsp3) is 0.133. The molecule has 0 aliphatic carbocycles. The van der Waals surface area contributed by atoms with Crippen LogP contribution in [-0.2, 0) is 14.8 Å². The Bertz CT molecular complexity index is 763. The Labute approximate surface area is 133 Å². The molecule has 0 saturated heterocycles. The summed E-state index contributed by atoms with van der Waals surface area (Å²) in [6.45, 7) is 1.39. The number of rotatable bonds is 5. The zero-order chi connectivity index (χ0) is 16.3. The molecule has 1 unspecified atom stereocenters. The molecule has 0 aliphatic rings. The van der Waals surface area contributed by atoms with E-state index in [9.17, 15) is 17.6 Å². The van der Waals surface area contributed by atoms with E-state index in [1.54, 1.807) is 30.3 Å². The number of sulfonamides is 1. The van der Waals surface area contributed by atoms with E-state index in [-0.39, 0.29) is 4.90 Å². The maximum absolute atomic E-state index is 13.0. The lowest BCUT2D eigenvalue weighted by Gasteiger charge is -2.28. The van der Waals surface area contributed by atoms with Gasteiger partial charge in [-0.3, -0.25) is 9.10 Å². The highest BCUT2D eigenvalue weighted by molar-refractivity contribution is 7.93. The molecule has 0 bridgehead atoms. The van der Waals surface area contributed by atoms with Crippen molar-refractivity contribution in [3.05, 3.63) is 60.4 Å². The Hall–Kier alpha value is -1.92. The van der Waals surface area contributed by atoms with Crippen molar-refractivity contribution >= 4 is 32.6 Å². The number of para-hydroxylation sites is 1. The maximum atomic E-state index is 13.0. The van der Waals surface area contributed by atoms with Crippen molar-refractivity contribution in [2.45, 2.75) is 17.9 Å². The van der Waals surface area contributed by atoms with Gasteiger partial charge >= 0.3 is 0 Å². The average molecular weight is 342 g/mol. The van der Waals surface area contributed by atoms with Crippen molar-refractivity contribution in [1.29, 1.82) is 0 Å². The molecule has 2 aromatic rings. The highest BCUT2D eigenvalue weighted by Crippen LogP contribution is 2.26. The minimum Gasteiger partial charge on any atom is -0.279 e. The molecule has 22 heavy (non-hydrogen) atoms. The van der Waals surface area contributed by atoms with E-state index in [1.807, 2.05) is 0 Å². The molecule has 0 radical (unpaired) electrons. The van der Waals surface area contributed by atoms with Gasteiger partial charge in [0.25, 0.3) is 10.0 Å². The molecular formula is C15H13ClFNO3S. The maximum Gasteiger partial charge on any atom is 0.265 e. The lowest BCUT2D eigenvalue weighted by atomic mass is 10.3. The molecule has 0 amide bonds. The molecule has 0 saturated carbocycles. The highest BCUT2D eigenvalue weighted by atomic mass is 35.5. The summed E-state index contributed by atoms with van der Waals surface area (Å²) < 4.78 is 39.5. The summed E-state index contributed by atoms with van der Waals surface area (Å²) in [4.78, 5) is 11.4. The Kier molecular flexibility index (Phi) is 4.83. The Morgan fingerprint density at radius 2 is 1.64 bits per heavy atom. The number of hydrogen-bond donors (Lipinski definition) is 0. The average Bonchev–Trinajstić information content (AvgIpc) is 2.48. The second-order valence-corrected chi connectivity index (χ2v) is 6.76. The highest BCUT2D eigenvalue weighted by Gasteiger charge is 2.32. The summed E-state index contributed by atoms with van der Waals surface area (Å²) >= 11 is 5.49. The van der Waals surface area contributed by atoms with Crippen molar-refractivity contribution in [2.24, 2.45) is 0 Å².